The van der Waals surface area contributed by atoms with Crippen molar-refractivity contribution >= 4 is 47.2 Å². The van der Waals surface area contributed by atoms with E-state index < -0.39 is 41.5 Å². The predicted octanol–water partition coefficient (Wildman–Crippen LogP) is 3.76. The summed E-state index contributed by atoms with van der Waals surface area (Å²) < 4.78 is 16.2. The van der Waals surface area contributed by atoms with Gasteiger partial charge in [-0.2, -0.15) is 0 Å². The van der Waals surface area contributed by atoms with Crippen molar-refractivity contribution in [2.45, 2.75) is 77.2 Å². The number of thiazole rings is 1. The molecule has 1 saturated heterocycles. The zero-order valence-corrected chi connectivity index (χ0v) is 24.2. The molecule has 1 aliphatic carbocycles. The number of thioether (sulfide) groups is 1. The van der Waals surface area contributed by atoms with E-state index in [4.69, 9.17) is 19.3 Å². The molecule has 3 N–H and O–H groups in total. The molecule has 3 aliphatic rings. The number of carbonyl (C=O) groups excluding carboxylic acids is 2. The maximum atomic E-state index is 13.0. The molecule has 0 spiro atoms. The molecule has 4 rings (SSSR count). The Hall–Kier alpha value is -2.45. The molecule has 4 atom stereocenters. The van der Waals surface area contributed by atoms with Crippen LogP contribution in [0.25, 0.3) is 6.08 Å². The number of fused-ring (bicyclic) bond motifs is 1. The van der Waals surface area contributed by atoms with Crippen LogP contribution in [0.1, 0.15) is 62.9 Å². The number of ether oxygens (including phenoxy) is 3. The number of amides is 1. The first kappa shape index (κ1) is 30.5. The van der Waals surface area contributed by atoms with E-state index in [1.54, 1.807) is 17.0 Å². The van der Waals surface area contributed by atoms with E-state index in [0.29, 0.717) is 10.6 Å². The van der Waals surface area contributed by atoms with E-state index >= 15 is 0 Å². The van der Waals surface area contributed by atoms with Crippen molar-refractivity contribution in [3.8, 4) is 0 Å². The average molecular weight is 597 g/mol. The molecule has 1 aromatic rings. The van der Waals surface area contributed by atoms with Crippen LogP contribution in [0.15, 0.2) is 21.5 Å². The fourth-order valence-corrected chi connectivity index (χ4v) is 7.60. The fraction of sp³-hybridized carbons (Fsp3) is 0.630. The van der Waals surface area contributed by atoms with E-state index in [1.165, 1.54) is 34.9 Å². The van der Waals surface area contributed by atoms with Crippen LogP contribution in [0.5, 0.6) is 0 Å². The Kier molecular flexibility index (Phi) is 10.3. The van der Waals surface area contributed by atoms with Gasteiger partial charge in [-0.3, -0.25) is 4.79 Å². The topological polar surface area (TPSA) is 156 Å². The van der Waals surface area contributed by atoms with Crippen molar-refractivity contribution in [3.63, 3.8) is 0 Å². The standard InChI is InChI=1S/C27H36N2O9S2/c1-16(31)20-22-27(2,9-11-37-26(35)38-17-6-4-3-5-7-17)23(21(25(33)34)29(22)24(20)32)39-13-8-19-18(28-15-40-19)14-36-12-10-30/h8,13,15-17,20,22,30-31H,3-7,9-12,14H2,1-2H3,(H,33,34)/b13-8-/t16-,20-,22+,27?/m1/s1. The average Bonchev–Trinajstić information content (AvgIpc) is 3.43. The summed E-state index contributed by atoms with van der Waals surface area (Å²) in [6, 6.07) is -0.592. The highest BCUT2D eigenvalue weighted by atomic mass is 32.2. The molecule has 2 fully saturated rings. The van der Waals surface area contributed by atoms with Gasteiger partial charge in [-0.25, -0.2) is 14.6 Å². The summed E-state index contributed by atoms with van der Waals surface area (Å²) in [7, 11) is 0. The number of rotatable bonds is 13. The maximum absolute atomic E-state index is 13.0. The van der Waals surface area contributed by atoms with Crippen LogP contribution in [0.3, 0.4) is 0 Å². The second kappa shape index (κ2) is 13.5. The van der Waals surface area contributed by atoms with E-state index in [0.717, 1.165) is 37.0 Å². The van der Waals surface area contributed by atoms with Gasteiger partial charge in [0.25, 0.3) is 0 Å². The van der Waals surface area contributed by atoms with Crippen molar-refractivity contribution in [3.05, 3.63) is 32.1 Å². The van der Waals surface area contributed by atoms with Gasteiger partial charge < -0.3 is 34.4 Å². The Bertz CT molecular complexity index is 1140. The number of β-lactam (4-membered cyclic amide) rings is 1. The Morgan fingerprint density at radius 2 is 2.05 bits per heavy atom. The van der Waals surface area contributed by atoms with Crippen LogP contribution < -0.4 is 0 Å². The zero-order chi connectivity index (χ0) is 28.9. The van der Waals surface area contributed by atoms with E-state index in [9.17, 15) is 24.6 Å². The first-order valence-corrected chi connectivity index (χ1v) is 15.2. The monoisotopic (exact) mass is 596 g/mol. The highest BCUT2D eigenvalue weighted by Crippen LogP contribution is 2.59. The molecule has 13 heteroatoms. The van der Waals surface area contributed by atoms with Gasteiger partial charge in [0.15, 0.2) is 0 Å². The molecule has 220 valence electrons. The van der Waals surface area contributed by atoms with Gasteiger partial charge >= 0.3 is 12.1 Å². The van der Waals surface area contributed by atoms with Crippen LogP contribution in [-0.2, 0) is 30.4 Å². The van der Waals surface area contributed by atoms with Gasteiger partial charge in [0.2, 0.25) is 5.91 Å². The molecule has 1 unspecified atom stereocenters. The number of aromatic nitrogens is 1. The van der Waals surface area contributed by atoms with Crippen molar-refractivity contribution in [1.82, 2.24) is 9.88 Å². The summed E-state index contributed by atoms with van der Waals surface area (Å²) in [6.07, 6.45) is 4.94. The normalized spacial score (nSPS) is 25.7. The minimum Gasteiger partial charge on any atom is -0.477 e. The van der Waals surface area contributed by atoms with Gasteiger partial charge in [-0.05, 0) is 50.5 Å². The summed E-state index contributed by atoms with van der Waals surface area (Å²) in [6.45, 7) is 3.65. The summed E-state index contributed by atoms with van der Waals surface area (Å²) >= 11 is 2.57. The predicted molar refractivity (Wildman–Crippen MR) is 148 cm³/mol. The molecule has 3 heterocycles. The number of carboxylic acid groups (broad SMARTS) is 1. The SMILES string of the molecule is C[C@@H](O)[C@H]1C(=O)N2C(C(=O)O)=C(S/C=C\c3scnc3COCCO)C(C)(CCOC(=O)OC3CCCCC3)[C@H]12. The molecule has 1 amide bonds. The molecule has 40 heavy (non-hydrogen) atoms. The number of aliphatic hydroxyl groups is 2. The van der Waals surface area contributed by atoms with Crippen molar-refractivity contribution in [1.29, 1.82) is 0 Å². The number of aliphatic hydroxyl groups excluding tert-OH is 2. The van der Waals surface area contributed by atoms with Gasteiger partial charge in [0.1, 0.15) is 11.8 Å². The number of hydrogen-bond donors (Lipinski definition) is 3. The van der Waals surface area contributed by atoms with Gasteiger partial charge in [-0.15, -0.1) is 11.3 Å². The van der Waals surface area contributed by atoms with Gasteiger partial charge in [0, 0.05) is 10.3 Å². The number of carbonyl (C=O) groups is 3. The van der Waals surface area contributed by atoms with Crippen LogP contribution >= 0.6 is 23.1 Å². The van der Waals surface area contributed by atoms with Crippen LogP contribution in [0, 0.1) is 11.3 Å². The molecule has 11 nitrogen and oxygen atoms in total. The smallest absolute Gasteiger partial charge is 0.477 e. The number of nitrogens with zero attached hydrogens (tertiary/aromatic N) is 2. The Labute approximate surface area is 241 Å². The van der Waals surface area contributed by atoms with E-state index in [2.05, 4.69) is 4.98 Å². The molecule has 0 radical (unpaired) electrons. The lowest BCUT2D eigenvalue weighted by Crippen LogP contribution is -2.66. The maximum Gasteiger partial charge on any atom is 0.508 e. The largest absolute Gasteiger partial charge is 0.508 e. The Morgan fingerprint density at radius 1 is 1.30 bits per heavy atom. The zero-order valence-electron chi connectivity index (χ0n) is 22.6. The third kappa shape index (κ3) is 6.38. The lowest BCUT2D eigenvalue weighted by atomic mass is 9.68. The van der Waals surface area contributed by atoms with E-state index in [-0.39, 0.29) is 44.6 Å². The van der Waals surface area contributed by atoms with Crippen molar-refractivity contribution < 1.29 is 43.9 Å². The second-order valence-electron chi connectivity index (χ2n) is 10.4. The first-order valence-electron chi connectivity index (χ1n) is 13.5. The molecule has 1 saturated carbocycles. The molecular weight excluding hydrogens is 560 g/mol. The quantitative estimate of drug-likeness (QED) is 0.173. The molecular formula is C27H36N2O9S2. The minimum atomic E-state index is -1.24. The highest BCUT2D eigenvalue weighted by molar-refractivity contribution is 8.06. The Morgan fingerprint density at radius 3 is 2.73 bits per heavy atom. The summed E-state index contributed by atoms with van der Waals surface area (Å²) in [5, 5.41) is 31.2. The van der Waals surface area contributed by atoms with Crippen molar-refractivity contribution in [2.24, 2.45) is 11.3 Å². The lowest BCUT2D eigenvalue weighted by Gasteiger charge is -2.50. The van der Waals surface area contributed by atoms with Crippen LogP contribution in [0.4, 0.5) is 4.79 Å². The summed E-state index contributed by atoms with van der Waals surface area (Å²) in [5.41, 5.74) is 1.34. The summed E-state index contributed by atoms with van der Waals surface area (Å²) in [4.78, 5) is 44.5. The fourth-order valence-electron chi connectivity index (χ4n) is 5.70. The Balaban J connectivity index is 1.52. The van der Waals surface area contributed by atoms with E-state index in [1.807, 2.05) is 6.92 Å². The second-order valence-corrected chi connectivity index (χ2v) is 12.2. The van der Waals surface area contributed by atoms with Gasteiger partial charge in [0.05, 0.1) is 60.6 Å². The minimum absolute atomic E-state index is 0.0328. The molecule has 2 aliphatic heterocycles. The lowest BCUT2D eigenvalue weighted by molar-refractivity contribution is -0.167. The molecule has 0 aromatic carbocycles. The van der Waals surface area contributed by atoms with Crippen LogP contribution in [-0.4, -0.2) is 81.3 Å². The van der Waals surface area contributed by atoms with Crippen molar-refractivity contribution in [2.75, 3.05) is 19.8 Å². The number of hydrogen-bond acceptors (Lipinski definition) is 11. The first-order chi connectivity index (χ1) is 19.2. The number of aliphatic carboxylic acids is 1. The van der Waals surface area contributed by atoms with Gasteiger partial charge in [-0.1, -0.05) is 25.1 Å². The summed E-state index contributed by atoms with van der Waals surface area (Å²) in [5.74, 6) is -2.45. The highest BCUT2D eigenvalue weighted by Gasteiger charge is 2.66. The third-order valence-electron chi connectivity index (χ3n) is 7.70. The third-order valence-corrected chi connectivity index (χ3v) is 9.70. The molecule has 0 bridgehead atoms. The molecule has 1 aromatic heterocycles. The van der Waals surface area contributed by atoms with Crippen LogP contribution in [0.2, 0.25) is 0 Å². The number of carboxylic acids is 1.